The number of phenols is 1. The number of aromatic nitrogens is 2. The molecule has 0 aliphatic rings. The van der Waals surface area contributed by atoms with Gasteiger partial charge in [-0.05, 0) is 31.2 Å². The van der Waals surface area contributed by atoms with Crippen LogP contribution in [0, 0.1) is 6.92 Å². The number of nitrogens with zero attached hydrogens (tertiary/aromatic N) is 2. The van der Waals surface area contributed by atoms with E-state index >= 15 is 0 Å². The van der Waals surface area contributed by atoms with Gasteiger partial charge in [0.1, 0.15) is 5.75 Å². The van der Waals surface area contributed by atoms with Crippen LogP contribution < -0.4 is 0 Å². The molecule has 1 aromatic heterocycles. The van der Waals surface area contributed by atoms with Gasteiger partial charge in [0.2, 0.25) is 5.82 Å². The van der Waals surface area contributed by atoms with Crippen LogP contribution in [-0.4, -0.2) is 15.2 Å². The molecular weight excluding hydrogens is 276 g/mol. The molecule has 0 bridgehead atoms. The zero-order valence-corrected chi connectivity index (χ0v) is 11.4. The first-order chi connectivity index (χ1) is 9.63. The molecule has 0 amide bonds. The van der Waals surface area contributed by atoms with E-state index in [9.17, 15) is 5.11 Å². The topological polar surface area (TPSA) is 59.2 Å². The lowest BCUT2D eigenvalue weighted by Crippen LogP contribution is -1.83. The molecular formula is C15H11ClN2O2. The average Bonchev–Trinajstić information content (AvgIpc) is 2.91. The van der Waals surface area contributed by atoms with Crippen molar-refractivity contribution >= 4 is 11.6 Å². The molecule has 3 aromatic rings. The van der Waals surface area contributed by atoms with Crippen molar-refractivity contribution in [1.29, 1.82) is 0 Å². The van der Waals surface area contributed by atoms with Crippen LogP contribution in [0.2, 0.25) is 5.02 Å². The van der Waals surface area contributed by atoms with E-state index in [1.807, 2.05) is 31.2 Å². The molecule has 0 saturated carbocycles. The lowest BCUT2D eigenvalue weighted by molar-refractivity contribution is 0.431. The molecule has 0 saturated heterocycles. The van der Waals surface area contributed by atoms with Gasteiger partial charge in [-0.3, -0.25) is 0 Å². The highest BCUT2D eigenvalue weighted by atomic mass is 35.5. The first kappa shape index (κ1) is 12.7. The van der Waals surface area contributed by atoms with E-state index in [-0.39, 0.29) is 11.6 Å². The van der Waals surface area contributed by atoms with Crippen molar-refractivity contribution in [2.75, 3.05) is 0 Å². The van der Waals surface area contributed by atoms with E-state index in [0.717, 1.165) is 11.1 Å². The summed E-state index contributed by atoms with van der Waals surface area (Å²) in [7, 11) is 0. The fourth-order valence-electron chi connectivity index (χ4n) is 1.91. The largest absolute Gasteiger partial charge is 0.508 e. The van der Waals surface area contributed by atoms with Crippen molar-refractivity contribution < 1.29 is 9.63 Å². The molecule has 5 heteroatoms. The van der Waals surface area contributed by atoms with Gasteiger partial charge in [0.15, 0.2) is 0 Å². The highest BCUT2D eigenvalue weighted by Gasteiger charge is 2.14. The first-order valence-electron chi connectivity index (χ1n) is 6.03. The number of halogens is 1. The standard InChI is InChI=1S/C15H11ClN2O2/c1-9-3-2-4-10(7-9)14-17-15(20-18-14)12-8-11(19)5-6-13(12)16/h2-8,19H,1H3. The SMILES string of the molecule is Cc1cccc(-c2noc(-c3cc(O)ccc3Cl)n2)c1. The molecule has 0 spiro atoms. The van der Waals surface area contributed by atoms with Crippen molar-refractivity contribution in [2.45, 2.75) is 6.92 Å². The van der Waals surface area contributed by atoms with Gasteiger partial charge >= 0.3 is 0 Å². The molecule has 0 unspecified atom stereocenters. The average molecular weight is 287 g/mol. The van der Waals surface area contributed by atoms with Gasteiger partial charge in [-0.25, -0.2) is 0 Å². The highest BCUT2D eigenvalue weighted by Crippen LogP contribution is 2.31. The van der Waals surface area contributed by atoms with E-state index < -0.39 is 0 Å². The van der Waals surface area contributed by atoms with Gasteiger partial charge < -0.3 is 9.63 Å². The molecule has 0 aliphatic carbocycles. The number of hydrogen-bond donors (Lipinski definition) is 1. The Morgan fingerprint density at radius 3 is 2.80 bits per heavy atom. The Hall–Kier alpha value is -2.33. The Morgan fingerprint density at radius 1 is 1.15 bits per heavy atom. The van der Waals surface area contributed by atoms with E-state index in [1.54, 1.807) is 6.07 Å². The molecule has 2 aromatic carbocycles. The minimum atomic E-state index is 0.0969. The zero-order chi connectivity index (χ0) is 14.1. The van der Waals surface area contributed by atoms with Crippen molar-refractivity contribution in [3.05, 3.63) is 53.1 Å². The van der Waals surface area contributed by atoms with Crippen LogP contribution in [-0.2, 0) is 0 Å². The van der Waals surface area contributed by atoms with Gasteiger partial charge in [-0.15, -0.1) is 0 Å². The second-order valence-electron chi connectivity index (χ2n) is 4.46. The van der Waals surface area contributed by atoms with Crippen LogP contribution in [0.3, 0.4) is 0 Å². The summed E-state index contributed by atoms with van der Waals surface area (Å²) >= 11 is 6.07. The third-order valence-corrected chi connectivity index (χ3v) is 3.21. The monoisotopic (exact) mass is 286 g/mol. The summed E-state index contributed by atoms with van der Waals surface area (Å²) in [5.41, 5.74) is 2.50. The molecule has 20 heavy (non-hydrogen) atoms. The Labute approximate surface area is 120 Å². The Bertz CT molecular complexity index is 768. The van der Waals surface area contributed by atoms with Gasteiger partial charge in [0, 0.05) is 5.56 Å². The summed E-state index contributed by atoms with van der Waals surface area (Å²) < 4.78 is 5.22. The molecule has 100 valence electrons. The van der Waals surface area contributed by atoms with Crippen molar-refractivity contribution in [3.63, 3.8) is 0 Å². The molecule has 3 rings (SSSR count). The Balaban J connectivity index is 2.04. The minimum absolute atomic E-state index is 0.0969. The third-order valence-electron chi connectivity index (χ3n) is 2.88. The Kier molecular flexibility index (Phi) is 3.16. The predicted molar refractivity (Wildman–Crippen MR) is 76.6 cm³/mol. The summed E-state index contributed by atoms with van der Waals surface area (Å²) in [6.07, 6.45) is 0. The molecule has 1 heterocycles. The second kappa shape index (κ2) is 4.98. The van der Waals surface area contributed by atoms with Crippen molar-refractivity contribution in [2.24, 2.45) is 0 Å². The summed E-state index contributed by atoms with van der Waals surface area (Å²) in [6.45, 7) is 2.00. The molecule has 0 radical (unpaired) electrons. The second-order valence-corrected chi connectivity index (χ2v) is 4.86. The number of aryl methyl sites for hydroxylation is 1. The third kappa shape index (κ3) is 2.38. The van der Waals surface area contributed by atoms with Gasteiger partial charge in [0.25, 0.3) is 5.89 Å². The fraction of sp³-hybridized carbons (Fsp3) is 0.0667. The van der Waals surface area contributed by atoms with Crippen LogP contribution in [0.5, 0.6) is 5.75 Å². The number of aromatic hydroxyl groups is 1. The van der Waals surface area contributed by atoms with Crippen LogP contribution in [0.4, 0.5) is 0 Å². The predicted octanol–water partition coefficient (Wildman–Crippen LogP) is 4.07. The zero-order valence-electron chi connectivity index (χ0n) is 10.7. The maximum atomic E-state index is 9.51. The normalized spacial score (nSPS) is 10.7. The minimum Gasteiger partial charge on any atom is -0.508 e. The van der Waals surface area contributed by atoms with Crippen LogP contribution in [0.1, 0.15) is 5.56 Å². The van der Waals surface area contributed by atoms with E-state index in [0.29, 0.717) is 16.4 Å². The molecule has 0 atom stereocenters. The maximum Gasteiger partial charge on any atom is 0.259 e. The lowest BCUT2D eigenvalue weighted by atomic mass is 10.1. The molecule has 1 N–H and O–H groups in total. The Morgan fingerprint density at radius 2 is 2.00 bits per heavy atom. The van der Waals surface area contributed by atoms with E-state index in [2.05, 4.69) is 10.1 Å². The number of hydrogen-bond acceptors (Lipinski definition) is 4. The first-order valence-corrected chi connectivity index (χ1v) is 6.41. The molecule has 4 nitrogen and oxygen atoms in total. The summed E-state index contributed by atoms with van der Waals surface area (Å²) in [5, 5.41) is 13.9. The quantitative estimate of drug-likeness (QED) is 0.771. The molecule has 0 fully saturated rings. The number of benzene rings is 2. The smallest absolute Gasteiger partial charge is 0.259 e. The van der Waals surface area contributed by atoms with Crippen LogP contribution in [0.15, 0.2) is 47.0 Å². The summed E-state index contributed by atoms with van der Waals surface area (Å²) in [5.74, 6) is 0.866. The van der Waals surface area contributed by atoms with Gasteiger partial charge in [0.05, 0.1) is 10.6 Å². The lowest BCUT2D eigenvalue weighted by Gasteiger charge is -1.99. The van der Waals surface area contributed by atoms with Gasteiger partial charge in [-0.1, -0.05) is 40.5 Å². The summed E-state index contributed by atoms with van der Waals surface area (Å²) in [4.78, 5) is 4.32. The van der Waals surface area contributed by atoms with Crippen LogP contribution >= 0.6 is 11.6 Å². The molecule has 0 aliphatic heterocycles. The maximum absolute atomic E-state index is 9.51. The van der Waals surface area contributed by atoms with Crippen molar-refractivity contribution in [1.82, 2.24) is 10.1 Å². The number of rotatable bonds is 2. The highest BCUT2D eigenvalue weighted by molar-refractivity contribution is 6.33. The number of phenolic OH excluding ortho intramolecular Hbond substituents is 1. The van der Waals surface area contributed by atoms with Gasteiger partial charge in [-0.2, -0.15) is 4.98 Å². The van der Waals surface area contributed by atoms with E-state index in [1.165, 1.54) is 12.1 Å². The fourth-order valence-corrected chi connectivity index (χ4v) is 2.11. The van der Waals surface area contributed by atoms with Crippen LogP contribution in [0.25, 0.3) is 22.8 Å². The van der Waals surface area contributed by atoms with Crippen molar-refractivity contribution in [3.8, 4) is 28.6 Å². The van der Waals surface area contributed by atoms with E-state index in [4.69, 9.17) is 16.1 Å². The summed E-state index contributed by atoms with van der Waals surface area (Å²) in [6, 6.07) is 12.4.